The fraction of sp³-hybridized carbons (Fsp3) is 0.100. The maximum absolute atomic E-state index is 9.86. The van der Waals surface area contributed by atoms with Gasteiger partial charge in [0.25, 0.3) is 0 Å². The maximum atomic E-state index is 9.86. The van der Waals surface area contributed by atoms with E-state index in [1.54, 1.807) is 24.4 Å². The third-order valence-electron chi connectivity index (χ3n) is 1.91. The van der Waals surface area contributed by atoms with Crippen molar-refractivity contribution in [3.63, 3.8) is 0 Å². The molecule has 0 saturated heterocycles. The average Bonchev–Trinajstić information content (AvgIpc) is 2.70. The molecule has 3 nitrogen and oxygen atoms in total. The van der Waals surface area contributed by atoms with E-state index in [0.717, 1.165) is 0 Å². The van der Waals surface area contributed by atoms with Gasteiger partial charge >= 0.3 is 0 Å². The highest BCUT2D eigenvalue weighted by Gasteiger charge is 2.15. The van der Waals surface area contributed by atoms with Crippen molar-refractivity contribution in [2.45, 2.75) is 6.10 Å². The Morgan fingerprint density at radius 2 is 2.29 bits per heavy atom. The van der Waals surface area contributed by atoms with E-state index >= 15 is 0 Å². The summed E-state index contributed by atoms with van der Waals surface area (Å²) in [5.74, 6) is 0.470. The molecule has 14 heavy (non-hydrogen) atoms. The van der Waals surface area contributed by atoms with Crippen LogP contribution in [0.5, 0.6) is 0 Å². The van der Waals surface area contributed by atoms with Crippen molar-refractivity contribution >= 4 is 11.6 Å². The van der Waals surface area contributed by atoms with Crippen LogP contribution >= 0.6 is 11.6 Å². The molecule has 2 heterocycles. The molecule has 72 valence electrons. The van der Waals surface area contributed by atoms with E-state index in [9.17, 15) is 5.11 Å². The summed E-state index contributed by atoms with van der Waals surface area (Å²) >= 11 is 5.87. The van der Waals surface area contributed by atoms with Gasteiger partial charge in [0.15, 0.2) is 0 Å². The second kappa shape index (κ2) is 3.82. The number of aliphatic hydroxyl groups is 1. The molecule has 1 N–H and O–H groups in total. The molecular weight excluding hydrogens is 202 g/mol. The molecule has 0 aliphatic rings. The van der Waals surface area contributed by atoms with Gasteiger partial charge in [0.05, 0.1) is 11.3 Å². The molecule has 0 aliphatic heterocycles. The van der Waals surface area contributed by atoms with Crippen LogP contribution in [-0.4, -0.2) is 10.1 Å². The lowest BCUT2D eigenvalue weighted by Crippen LogP contribution is -1.98. The van der Waals surface area contributed by atoms with E-state index in [-0.39, 0.29) is 0 Å². The highest BCUT2D eigenvalue weighted by molar-refractivity contribution is 6.31. The van der Waals surface area contributed by atoms with Gasteiger partial charge in [-0.1, -0.05) is 11.6 Å². The van der Waals surface area contributed by atoms with E-state index in [4.69, 9.17) is 16.0 Å². The summed E-state index contributed by atoms with van der Waals surface area (Å²) in [7, 11) is 0. The van der Waals surface area contributed by atoms with Crippen LogP contribution in [0.4, 0.5) is 0 Å². The Kier molecular flexibility index (Phi) is 2.52. The first kappa shape index (κ1) is 9.24. The third kappa shape index (κ3) is 1.64. The van der Waals surface area contributed by atoms with E-state index in [1.165, 1.54) is 12.5 Å². The van der Waals surface area contributed by atoms with Gasteiger partial charge in [-0.3, -0.25) is 4.98 Å². The lowest BCUT2D eigenvalue weighted by atomic mass is 10.1. The minimum Gasteiger partial charge on any atom is -0.466 e. The zero-order valence-electron chi connectivity index (χ0n) is 7.22. The van der Waals surface area contributed by atoms with Crippen molar-refractivity contribution in [2.24, 2.45) is 0 Å². The molecule has 0 fully saturated rings. The Labute approximate surface area is 86.0 Å². The molecule has 0 radical (unpaired) electrons. The third-order valence-corrected chi connectivity index (χ3v) is 2.23. The number of halogens is 1. The van der Waals surface area contributed by atoms with Crippen molar-refractivity contribution in [1.82, 2.24) is 4.98 Å². The normalized spacial score (nSPS) is 12.7. The summed E-state index contributed by atoms with van der Waals surface area (Å²) in [6, 6.07) is 5.07. The molecule has 4 heteroatoms. The van der Waals surface area contributed by atoms with Crippen molar-refractivity contribution < 1.29 is 9.52 Å². The monoisotopic (exact) mass is 209 g/mol. The first-order chi connectivity index (χ1) is 6.79. The molecule has 0 aliphatic carbocycles. The fourth-order valence-electron chi connectivity index (χ4n) is 1.21. The average molecular weight is 210 g/mol. The predicted octanol–water partition coefficient (Wildman–Crippen LogP) is 2.41. The van der Waals surface area contributed by atoms with Gasteiger partial charge in [0.1, 0.15) is 11.9 Å². The molecule has 1 atom stereocenters. The molecule has 0 saturated carbocycles. The van der Waals surface area contributed by atoms with Crippen LogP contribution in [0.2, 0.25) is 5.02 Å². The van der Waals surface area contributed by atoms with Gasteiger partial charge in [-0.05, 0) is 18.2 Å². The quantitative estimate of drug-likeness (QED) is 0.826. The van der Waals surface area contributed by atoms with E-state index in [1.807, 2.05) is 0 Å². The molecule has 0 spiro atoms. The van der Waals surface area contributed by atoms with Crippen LogP contribution in [-0.2, 0) is 0 Å². The van der Waals surface area contributed by atoms with Crippen LogP contribution in [0.25, 0.3) is 0 Å². The van der Waals surface area contributed by atoms with Crippen LogP contribution < -0.4 is 0 Å². The summed E-state index contributed by atoms with van der Waals surface area (Å²) in [5, 5.41) is 10.3. The lowest BCUT2D eigenvalue weighted by Gasteiger charge is -2.08. The van der Waals surface area contributed by atoms with Crippen molar-refractivity contribution in [1.29, 1.82) is 0 Å². The highest BCUT2D eigenvalue weighted by Crippen LogP contribution is 2.27. The molecule has 0 amide bonds. The molecule has 2 aromatic rings. The molecule has 0 bridgehead atoms. The number of hydrogen-bond acceptors (Lipinski definition) is 3. The number of aromatic nitrogens is 1. The van der Waals surface area contributed by atoms with E-state index in [2.05, 4.69) is 4.98 Å². The number of pyridine rings is 1. The highest BCUT2D eigenvalue weighted by atomic mass is 35.5. The maximum Gasteiger partial charge on any atom is 0.138 e. The van der Waals surface area contributed by atoms with Crippen LogP contribution in [0, 0.1) is 0 Å². The lowest BCUT2D eigenvalue weighted by molar-refractivity contribution is 0.189. The second-order valence-electron chi connectivity index (χ2n) is 2.82. The fourth-order valence-corrected chi connectivity index (χ4v) is 1.43. The zero-order valence-corrected chi connectivity index (χ0v) is 7.98. The first-order valence-electron chi connectivity index (χ1n) is 4.10. The minimum atomic E-state index is -0.833. The van der Waals surface area contributed by atoms with Crippen LogP contribution in [0.15, 0.2) is 41.3 Å². The smallest absolute Gasteiger partial charge is 0.138 e. The summed E-state index contributed by atoms with van der Waals surface area (Å²) in [4.78, 5) is 3.83. The van der Waals surface area contributed by atoms with Crippen LogP contribution in [0.1, 0.15) is 17.4 Å². The Morgan fingerprint density at radius 3 is 2.93 bits per heavy atom. The second-order valence-corrected chi connectivity index (χ2v) is 3.22. The minimum absolute atomic E-state index is 0.427. The largest absolute Gasteiger partial charge is 0.466 e. The van der Waals surface area contributed by atoms with Gasteiger partial charge < -0.3 is 9.52 Å². The number of rotatable bonds is 2. The molecule has 2 aromatic heterocycles. The molecule has 0 aromatic carbocycles. The number of hydrogen-bond donors (Lipinski definition) is 1. The summed E-state index contributed by atoms with van der Waals surface area (Å²) in [5.41, 5.74) is 0.594. The summed E-state index contributed by atoms with van der Waals surface area (Å²) in [6.45, 7) is 0. The van der Waals surface area contributed by atoms with Gasteiger partial charge in [0, 0.05) is 18.0 Å². The molecule has 1 unspecified atom stereocenters. The SMILES string of the molecule is OC(c1ccco1)c1ccncc1Cl. The summed E-state index contributed by atoms with van der Waals surface area (Å²) in [6.07, 6.45) is 3.74. The Balaban J connectivity index is 2.37. The topological polar surface area (TPSA) is 46.3 Å². The molecule has 2 rings (SSSR count). The van der Waals surface area contributed by atoms with E-state index in [0.29, 0.717) is 16.3 Å². The number of furan rings is 1. The molecular formula is C10H8ClNO2. The van der Waals surface area contributed by atoms with Crippen molar-refractivity contribution in [3.8, 4) is 0 Å². The van der Waals surface area contributed by atoms with Crippen molar-refractivity contribution in [3.05, 3.63) is 53.2 Å². The van der Waals surface area contributed by atoms with Gasteiger partial charge in [0.2, 0.25) is 0 Å². The van der Waals surface area contributed by atoms with E-state index < -0.39 is 6.10 Å². The van der Waals surface area contributed by atoms with Crippen molar-refractivity contribution in [2.75, 3.05) is 0 Å². The standard InChI is InChI=1S/C10H8ClNO2/c11-8-6-12-4-3-7(8)10(13)9-2-1-5-14-9/h1-6,10,13H. The zero-order chi connectivity index (χ0) is 9.97. The number of nitrogens with zero attached hydrogens (tertiary/aromatic N) is 1. The Morgan fingerprint density at radius 1 is 1.43 bits per heavy atom. The van der Waals surface area contributed by atoms with Gasteiger partial charge in [-0.15, -0.1) is 0 Å². The summed E-state index contributed by atoms with van der Waals surface area (Å²) < 4.78 is 5.08. The predicted molar refractivity (Wildman–Crippen MR) is 52.0 cm³/mol. The van der Waals surface area contributed by atoms with Crippen LogP contribution in [0.3, 0.4) is 0 Å². The van der Waals surface area contributed by atoms with Gasteiger partial charge in [-0.25, -0.2) is 0 Å². The van der Waals surface area contributed by atoms with Gasteiger partial charge in [-0.2, -0.15) is 0 Å². The Hall–Kier alpha value is -1.32. The number of aliphatic hydroxyl groups excluding tert-OH is 1. The first-order valence-corrected chi connectivity index (χ1v) is 4.47. The Bertz CT molecular complexity index is 414.